The van der Waals surface area contributed by atoms with Gasteiger partial charge in [-0.25, -0.2) is 12.8 Å². The molecule has 0 radical (unpaired) electrons. The molecule has 0 aliphatic heterocycles. The topological polar surface area (TPSA) is 61.2 Å². The lowest BCUT2D eigenvalue weighted by atomic mass is 10.1. The maximum Gasteiger partial charge on any atom is 0.264 e. The molecule has 0 fully saturated rings. The van der Waals surface area contributed by atoms with Crippen LogP contribution in [0.4, 0.5) is 10.1 Å². The van der Waals surface area contributed by atoms with Gasteiger partial charge in [0, 0.05) is 6.04 Å². The second-order valence-electron chi connectivity index (χ2n) is 5.94. The Hall–Kier alpha value is -2.39. The van der Waals surface area contributed by atoms with Crippen molar-refractivity contribution >= 4 is 15.7 Å². The van der Waals surface area contributed by atoms with Crippen LogP contribution in [0.3, 0.4) is 0 Å². The van der Waals surface area contributed by atoms with Gasteiger partial charge in [-0.05, 0) is 63.1 Å². The average molecular weight is 346 g/mol. The van der Waals surface area contributed by atoms with Crippen LogP contribution < -0.4 is 4.31 Å². The summed E-state index contributed by atoms with van der Waals surface area (Å²) in [5.41, 5.74) is 2.04. The molecular formula is C18H19FN2O2S. The molecule has 4 nitrogen and oxygen atoms in total. The molecule has 2 aromatic carbocycles. The summed E-state index contributed by atoms with van der Waals surface area (Å²) in [7, 11) is -3.93. The third-order valence-electron chi connectivity index (χ3n) is 3.69. The Morgan fingerprint density at radius 1 is 1.12 bits per heavy atom. The molecule has 0 aliphatic carbocycles. The van der Waals surface area contributed by atoms with Crippen LogP contribution >= 0.6 is 0 Å². The van der Waals surface area contributed by atoms with Crippen LogP contribution in [-0.2, 0) is 10.0 Å². The molecule has 0 aliphatic rings. The monoisotopic (exact) mass is 346 g/mol. The zero-order chi connectivity index (χ0) is 18.1. The molecule has 126 valence electrons. The Morgan fingerprint density at radius 3 is 2.38 bits per heavy atom. The summed E-state index contributed by atoms with van der Waals surface area (Å²) in [4.78, 5) is -0.102. The summed E-state index contributed by atoms with van der Waals surface area (Å²) in [6, 6.07) is 10.2. The number of nitrogens with zero attached hydrogens (tertiary/aromatic N) is 2. The third kappa shape index (κ3) is 3.26. The molecule has 0 unspecified atom stereocenters. The zero-order valence-corrected chi connectivity index (χ0v) is 14.9. The van der Waals surface area contributed by atoms with Gasteiger partial charge in [-0.3, -0.25) is 4.31 Å². The first-order valence-corrected chi connectivity index (χ1v) is 8.94. The molecule has 0 N–H and O–H groups in total. The highest BCUT2D eigenvalue weighted by atomic mass is 32.2. The molecule has 0 heterocycles. The predicted molar refractivity (Wildman–Crippen MR) is 91.8 cm³/mol. The highest BCUT2D eigenvalue weighted by Gasteiger charge is 2.29. The number of hydrogen-bond acceptors (Lipinski definition) is 3. The van der Waals surface area contributed by atoms with E-state index in [0.29, 0.717) is 5.69 Å². The molecule has 2 rings (SSSR count). The van der Waals surface area contributed by atoms with Crippen molar-refractivity contribution in [2.24, 2.45) is 0 Å². The van der Waals surface area contributed by atoms with Crippen molar-refractivity contribution in [2.75, 3.05) is 4.31 Å². The van der Waals surface area contributed by atoms with Crippen LogP contribution in [0, 0.1) is 31.0 Å². The number of benzene rings is 2. The number of sulfonamides is 1. The summed E-state index contributed by atoms with van der Waals surface area (Å²) in [6.07, 6.45) is 0. The van der Waals surface area contributed by atoms with E-state index < -0.39 is 15.8 Å². The van der Waals surface area contributed by atoms with Crippen molar-refractivity contribution < 1.29 is 12.8 Å². The van der Waals surface area contributed by atoms with Gasteiger partial charge in [0.15, 0.2) is 0 Å². The van der Waals surface area contributed by atoms with E-state index >= 15 is 0 Å². The minimum absolute atomic E-state index is 0.102. The maximum atomic E-state index is 13.5. The Bertz CT molecular complexity index is 915. The van der Waals surface area contributed by atoms with E-state index in [0.717, 1.165) is 23.3 Å². The van der Waals surface area contributed by atoms with Crippen molar-refractivity contribution in [2.45, 2.75) is 38.6 Å². The summed E-state index contributed by atoms with van der Waals surface area (Å²) in [5, 5.41) is 8.96. The van der Waals surface area contributed by atoms with E-state index in [1.165, 1.54) is 10.4 Å². The largest absolute Gasteiger partial charge is 0.264 e. The molecule has 0 atom stereocenters. The Kier molecular flexibility index (Phi) is 4.95. The number of halogens is 1. The fourth-order valence-electron chi connectivity index (χ4n) is 2.51. The number of anilines is 1. The Balaban J connectivity index is 2.67. The molecule has 0 amide bonds. The van der Waals surface area contributed by atoms with E-state index in [1.807, 2.05) is 32.0 Å². The SMILES string of the molecule is Cc1ccc(C)c(N(C(C)C)S(=O)(=O)c2ccc(F)c(C#N)c2)c1. The second kappa shape index (κ2) is 6.62. The van der Waals surface area contributed by atoms with Crippen molar-refractivity contribution in [3.8, 4) is 6.07 Å². The lowest BCUT2D eigenvalue weighted by molar-refractivity contribution is 0.583. The molecular weight excluding hydrogens is 327 g/mol. The summed E-state index contributed by atoms with van der Waals surface area (Å²) in [5.74, 6) is -0.737. The summed E-state index contributed by atoms with van der Waals surface area (Å²) in [6.45, 7) is 7.27. The summed E-state index contributed by atoms with van der Waals surface area (Å²) < 4.78 is 41.1. The molecule has 24 heavy (non-hydrogen) atoms. The maximum absolute atomic E-state index is 13.5. The van der Waals surface area contributed by atoms with Gasteiger partial charge in [0.05, 0.1) is 16.1 Å². The minimum Gasteiger partial charge on any atom is -0.264 e. The molecule has 0 spiro atoms. The number of aryl methyl sites for hydroxylation is 2. The van der Waals surface area contributed by atoms with Crippen LogP contribution in [0.15, 0.2) is 41.3 Å². The quantitative estimate of drug-likeness (QED) is 0.843. The molecule has 0 aromatic heterocycles. The Morgan fingerprint density at radius 2 is 1.79 bits per heavy atom. The molecule has 0 bridgehead atoms. The van der Waals surface area contributed by atoms with Gasteiger partial charge in [-0.15, -0.1) is 0 Å². The first-order valence-electron chi connectivity index (χ1n) is 7.50. The molecule has 0 saturated carbocycles. The Labute approximate surface area is 142 Å². The lowest BCUT2D eigenvalue weighted by Gasteiger charge is -2.30. The van der Waals surface area contributed by atoms with Gasteiger partial charge >= 0.3 is 0 Å². The van der Waals surface area contributed by atoms with E-state index in [-0.39, 0.29) is 16.5 Å². The first-order chi connectivity index (χ1) is 11.2. The normalized spacial score (nSPS) is 11.4. The predicted octanol–water partition coefficient (Wildman–Crippen LogP) is 3.92. The van der Waals surface area contributed by atoms with Crippen LogP contribution in [0.2, 0.25) is 0 Å². The zero-order valence-electron chi connectivity index (χ0n) is 14.0. The van der Waals surface area contributed by atoms with Gasteiger partial charge in [0.1, 0.15) is 11.9 Å². The van der Waals surface area contributed by atoms with Crippen LogP contribution in [0.5, 0.6) is 0 Å². The van der Waals surface area contributed by atoms with E-state index in [4.69, 9.17) is 5.26 Å². The average Bonchev–Trinajstić information content (AvgIpc) is 2.50. The van der Waals surface area contributed by atoms with Crippen molar-refractivity contribution in [1.29, 1.82) is 5.26 Å². The van der Waals surface area contributed by atoms with Crippen molar-refractivity contribution in [3.63, 3.8) is 0 Å². The number of nitriles is 1. The summed E-state index contributed by atoms with van der Waals surface area (Å²) >= 11 is 0. The first kappa shape index (κ1) is 18.0. The highest BCUT2D eigenvalue weighted by Crippen LogP contribution is 2.30. The molecule has 2 aromatic rings. The van der Waals surface area contributed by atoms with E-state index in [2.05, 4.69) is 0 Å². The standard InChI is InChI=1S/C18H19FN2O2S/c1-12(2)21(18-9-13(3)5-6-14(18)4)24(22,23)16-7-8-17(19)15(10-16)11-20/h5-10,12H,1-4H3. The van der Waals surface area contributed by atoms with E-state index in [1.54, 1.807) is 19.9 Å². The van der Waals surface area contributed by atoms with Crippen LogP contribution in [0.1, 0.15) is 30.5 Å². The fraction of sp³-hybridized carbons (Fsp3) is 0.278. The van der Waals surface area contributed by atoms with Crippen LogP contribution in [0.25, 0.3) is 0 Å². The van der Waals surface area contributed by atoms with E-state index in [9.17, 15) is 12.8 Å². The second-order valence-corrected chi connectivity index (χ2v) is 7.75. The van der Waals surface area contributed by atoms with Gasteiger partial charge in [0.2, 0.25) is 0 Å². The molecule has 6 heteroatoms. The minimum atomic E-state index is -3.93. The number of hydrogen-bond donors (Lipinski definition) is 0. The lowest BCUT2D eigenvalue weighted by Crippen LogP contribution is -2.37. The van der Waals surface area contributed by atoms with Gasteiger partial charge < -0.3 is 0 Å². The number of rotatable bonds is 4. The third-order valence-corrected chi connectivity index (χ3v) is 5.67. The smallest absolute Gasteiger partial charge is 0.264 e. The van der Waals surface area contributed by atoms with Gasteiger partial charge in [-0.2, -0.15) is 5.26 Å². The van der Waals surface area contributed by atoms with Crippen LogP contribution in [-0.4, -0.2) is 14.5 Å². The molecule has 0 saturated heterocycles. The van der Waals surface area contributed by atoms with Gasteiger partial charge in [0.25, 0.3) is 10.0 Å². The highest BCUT2D eigenvalue weighted by molar-refractivity contribution is 7.92. The van der Waals surface area contributed by atoms with Crippen molar-refractivity contribution in [3.05, 3.63) is 58.9 Å². The van der Waals surface area contributed by atoms with Crippen molar-refractivity contribution in [1.82, 2.24) is 0 Å². The fourth-order valence-corrected chi connectivity index (χ4v) is 4.25. The van der Waals surface area contributed by atoms with Gasteiger partial charge in [-0.1, -0.05) is 12.1 Å².